The van der Waals surface area contributed by atoms with E-state index in [0.717, 1.165) is 6.20 Å². The van der Waals surface area contributed by atoms with Crippen molar-refractivity contribution in [3.05, 3.63) is 34.2 Å². The quantitative estimate of drug-likeness (QED) is 0.369. The maximum atomic E-state index is 10.6. The predicted octanol–water partition coefficient (Wildman–Crippen LogP) is 2.02. The molecular weight excluding hydrogens is 220 g/mol. The van der Waals surface area contributed by atoms with Crippen molar-refractivity contribution in [2.75, 3.05) is 5.32 Å². The fourth-order valence-electron chi connectivity index (χ4n) is 0.868. The molecule has 0 aliphatic carbocycles. The maximum Gasteiger partial charge on any atom is 0.329 e. The van der Waals surface area contributed by atoms with Gasteiger partial charge in [-0.25, -0.2) is 4.98 Å². The first kappa shape index (κ1) is 11.4. The number of nitrogens with one attached hydrogen (secondary N) is 1. The molecule has 80 valence electrons. The Morgan fingerprint density at radius 3 is 3.00 bits per heavy atom. The number of anilines is 1. The Labute approximate surface area is 91.1 Å². The first-order valence-electron chi connectivity index (χ1n) is 4.10. The maximum absolute atomic E-state index is 10.6. The third kappa shape index (κ3) is 2.88. The fraction of sp³-hybridized carbons (Fsp3) is 0.250. The molecule has 15 heavy (non-hydrogen) atoms. The van der Waals surface area contributed by atoms with Crippen molar-refractivity contribution in [3.63, 3.8) is 0 Å². The van der Waals surface area contributed by atoms with Gasteiger partial charge in [-0.15, -0.1) is 6.58 Å². The van der Waals surface area contributed by atoms with E-state index in [-0.39, 0.29) is 22.8 Å². The number of hydrogen-bond donors (Lipinski definition) is 1. The average Bonchev–Trinajstić information content (AvgIpc) is 2.17. The second-order valence-electron chi connectivity index (χ2n) is 2.80. The van der Waals surface area contributed by atoms with Crippen LogP contribution in [0.5, 0.6) is 0 Å². The molecule has 1 N–H and O–H groups in total. The third-order valence-electron chi connectivity index (χ3n) is 1.65. The van der Waals surface area contributed by atoms with Gasteiger partial charge >= 0.3 is 5.69 Å². The molecular formula is C8H9ClN4O2. The lowest BCUT2D eigenvalue weighted by molar-refractivity contribution is -0.384. The summed E-state index contributed by atoms with van der Waals surface area (Å²) in [5.74, 6) is 0.0902. The zero-order valence-corrected chi connectivity index (χ0v) is 8.73. The highest BCUT2D eigenvalue weighted by Gasteiger charge is 2.17. The van der Waals surface area contributed by atoms with Crippen molar-refractivity contribution in [1.29, 1.82) is 0 Å². The van der Waals surface area contributed by atoms with Crippen LogP contribution >= 0.6 is 11.6 Å². The fourth-order valence-corrected chi connectivity index (χ4v) is 1.00. The van der Waals surface area contributed by atoms with Gasteiger partial charge in [0, 0.05) is 6.04 Å². The highest BCUT2D eigenvalue weighted by Crippen LogP contribution is 2.22. The topological polar surface area (TPSA) is 81.0 Å². The Balaban J connectivity index is 3.07. The Kier molecular flexibility index (Phi) is 3.56. The number of aromatic nitrogens is 2. The molecule has 0 fully saturated rings. The third-order valence-corrected chi connectivity index (χ3v) is 1.84. The van der Waals surface area contributed by atoms with Crippen molar-refractivity contribution in [3.8, 4) is 0 Å². The minimum atomic E-state index is -0.575. The van der Waals surface area contributed by atoms with Crippen LogP contribution in [-0.4, -0.2) is 20.9 Å². The summed E-state index contributed by atoms with van der Waals surface area (Å²) in [6.45, 7) is 5.33. The molecule has 1 rings (SSSR count). The number of nitrogens with zero attached hydrogens (tertiary/aromatic N) is 3. The first-order valence-corrected chi connectivity index (χ1v) is 4.48. The second kappa shape index (κ2) is 4.70. The lowest BCUT2D eigenvalue weighted by atomic mass is 10.3. The molecule has 1 aromatic rings. The second-order valence-corrected chi connectivity index (χ2v) is 3.14. The van der Waals surface area contributed by atoms with Crippen LogP contribution in [0.3, 0.4) is 0 Å². The predicted molar refractivity (Wildman–Crippen MR) is 57.0 cm³/mol. The molecule has 0 aliphatic heterocycles. The minimum Gasteiger partial charge on any atom is -0.358 e. The van der Waals surface area contributed by atoms with Crippen LogP contribution in [0.15, 0.2) is 18.9 Å². The summed E-state index contributed by atoms with van der Waals surface area (Å²) in [5.41, 5.74) is -0.215. The largest absolute Gasteiger partial charge is 0.358 e. The molecule has 1 unspecified atom stereocenters. The zero-order valence-electron chi connectivity index (χ0n) is 7.98. The van der Waals surface area contributed by atoms with Gasteiger partial charge < -0.3 is 5.32 Å². The molecule has 0 bridgehead atoms. The molecule has 0 saturated carbocycles. The summed E-state index contributed by atoms with van der Waals surface area (Å²) < 4.78 is 0. The van der Waals surface area contributed by atoms with E-state index in [1.54, 1.807) is 13.0 Å². The Bertz CT molecular complexity index is 396. The summed E-state index contributed by atoms with van der Waals surface area (Å²) in [4.78, 5) is 17.3. The van der Waals surface area contributed by atoms with Gasteiger partial charge in [-0.1, -0.05) is 6.08 Å². The van der Waals surface area contributed by atoms with Gasteiger partial charge in [-0.3, -0.25) is 10.1 Å². The highest BCUT2D eigenvalue weighted by molar-refractivity contribution is 6.28. The van der Waals surface area contributed by atoms with Crippen molar-refractivity contribution < 1.29 is 4.92 Å². The van der Waals surface area contributed by atoms with E-state index in [1.807, 2.05) is 0 Å². The summed E-state index contributed by atoms with van der Waals surface area (Å²) in [5, 5.41) is 13.4. The number of hydrogen-bond acceptors (Lipinski definition) is 5. The van der Waals surface area contributed by atoms with Crippen LogP contribution in [-0.2, 0) is 0 Å². The van der Waals surface area contributed by atoms with E-state index in [0.29, 0.717) is 0 Å². The summed E-state index contributed by atoms with van der Waals surface area (Å²) in [6, 6.07) is -0.144. The molecule has 0 saturated heterocycles. The van der Waals surface area contributed by atoms with Gasteiger partial charge in [0.15, 0.2) is 0 Å². The lowest BCUT2D eigenvalue weighted by Crippen LogP contribution is -2.14. The van der Waals surface area contributed by atoms with E-state index >= 15 is 0 Å². The Morgan fingerprint density at radius 1 is 1.80 bits per heavy atom. The SMILES string of the molecule is C=CC(C)Nc1nc(Cl)ncc1[N+](=O)[O-]. The molecule has 1 aromatic heterocycles. The van der Waals surface area contributed by atoms with Crippen molar-refractivity contribution >= 4 is 23.1 Å². The van der Waals surface area contributed by atoms with Gasteiger partial charge in [0.1, 0.15) is 6.20 Å². The summed E-state index contributed by atoms with van der Waals surface area (Å²) in [6.07, 6.45) is 2.66. The van der Waals surface area contributed by atoms with Gasteiger partial charge in [0.2, 0.25) is 11.1 Å². The van der Waals surface area contributed by atoms with Crippen molar-refractivity contribution in [2.24, 2.45) is 0 Å². The van der Waals surface area contributed by atoms with E-state index in [1.165, 1.54) is 0 Å². The van der Waals surface area contributed by atoms with E-state index < -0.39 is 4.92 Å². The number of nitro groups is 1. The van der Waals surface area contributed by atoms with E-state index in [4.69, 9.17) is 11.6 Å². The summed E-state index contributed by atoms with van der Waals surface area (Å²) in [7, 11) is 0. The van der Waals surface area contributed by atoms with E-state index in [2.05, 4.69) is 21.9 Å². The van der Waals surface area contributed by atoms with Gasteiger partial charge in [-0.2, -0.15) is 4.98 Å². The van der Waals surface area contributed by atoms with Crippen LogP contribution < -0.4 is 5.32 Å². The summed E-state index contributed by atoms with van der Waals surface area (Å²) >= 11 is 5.54. The van der Waals surface area contributed by atoms with Crippen LogP contribution in [0.4, 0.5) is 11.5 Å². The highest BCUT2D eigenvalue weighted by atomic mass is 35.5. The van der Waals surface area contributed by atoms with E-state index in [9.17, 15) is 10.1 Å². The van der Waals surface area contributed by atoms with Crippen LogP contribution in [0.1, 0.15) is 6.92 Å². The molecule has 1 heterocycles. The number of halogens is 1. The van der Waals surface area contributed by atoms with Gasteiger partial charge in [0.25, 0.3) is 0 Å². The zero-order chi connectivity index (χ0) is 11.4. The van der Waals surface area contributed by atoms with Crippen LogP contribution in [0.25, 0.3) is 0 Å². The molecule has 0 radical (unpaired) electrons. The minimum absolute atomic E-state index is 0.0423. The van der Waals surface area contributed by atoms with Crippen LogP contribution in [0.2, 0.25) is 5.28 Å². The Hall–Kier alpha value is -1.69. The Morgan fingerprint density at radius 2 is 2.47 bits per heavy atom. The molecule has 0 amide bonds. The lowest BCUT2D eigenvalue weighted by Gasteiger charge is -2.09. The monoisotopic (exact) mass is 228 g/mol. The molecule has 1 atom stereocenters. The smallest absolute Gasteiger partial charge is 0.329 e. The van der Waals surface area contributed by atoms with Gasteiger partial charge in [-0.05, 0) is 18.5 Å². The van der Waals surface area contributed by atoms with Crippen molar-refractivity contribution in [1.82, 2.24) is 9.97 Å². The average molecular weight is 229 g/mol. The molecule has 0 spiro atoms. The first-order chi connectivity index (χ1) is 7.04. The molecule has 0 aliphatic rings. The standard InChI is InChI=1S/C8H9ClN4O2/c1-3-5(2)11-7-6(13(14)15)4-10-8(9)12-7/h3-5H,1H2,2H3,(H,10,11,12). The normalized spacial score (nSPS) is 11.9. The van der Waals surface area contributed by atoms with Crippen molar-refractivity contribution in [2.45, 2.75) is 13.0 Å². The molecule has 7 heteroatoms. The van der Waals surface area contributed by atoms with Gasteiger partial charge in [0.05, 0.1) is 4.92 Å². The van der Waals surface area contributed by atoms with Crippen LogP contribution in [0, 0.1) is 10.1 Å². The molecule has 0 aromatic carbocycles. The molecule has 6 nitrogen and oxygen atoms in total. The number of rotatable bonds is 4.